The number of hydrogen-bond donors (Lipinski definition) is 3. The van der Waals surface area contributed by atoms with E-state index in [-0.39, 0.29) is 17.6 Å². The van der Waals surface area contributed by atoms with E-state index in [9.17, 15) is 9.90 Å². The van der Waals surface area contributed by atoms with Gasteiger partial charge in [0.2, 0.25) is 5.91 Å². The minimum absolute atomic E-state index is 0.0527. The maximum Gasteiger partial charge on any atom is 0.224 e. The highest BCUT2D eigenvalue weighted by Crippen LogP contribution is 2.26. The maximum absolute atomic E-state index is 11.6. The van der Waals surface area contributed by atoms with E-state index in [1.807, 2.05) is 6.92 Å². The zero-order valence-electron chi connectivity index (χ0n) is 9.03. The van der Waals surface area contributed by atoms with Crippen LogP contribution in [0.1, 0.15) is 13.3 Å². The molecule has 0 aliphatic heterocycles. The van der Waals surface area contributed by atoms with Gasteiger partial charge in [0.15, 0.2) is 0 Å². The van der Waals surface area contributed by atoms with E-state index in [0.29, 0.717) is 18.7 Å². The predicted molar refractivity (Wildman–Crippen MR) is 67.3 cm³/mol. The molecule has 1 aromatic rings. The number of carbonyl (C=O) groups is 1. The summed E-state index contributed by atoms with van der Waals surface area (Å²) >= 11 is 3.27. The second-order valence-electron chi connectivity index (χ2n) is 3.75. The number of hydrogen-bond acceptors (Lipinski definition) is 3. The minimum Gasteiger partial charge on any atom is -0.506 e. The SMILES string of the molecule is CC(CN)CC(=O)Nc1cc(Br)ccc1O. The molecular weight excluding hydrogens is 272 g/mol. The Kier molecular flexibility index (Phi) is 4.76. The van der Waals surface area contributed by atoms with Crippen molar-refractivity contribution in [3.63, 3.8) is 0 Å². The number of nitrogens with two attached hydrogens (primary N) is 1. The second-order valence-corrected chi connectivity index (χ2v) is 4.67. The van der Waals surface area contributed by atoms with Gasteiger partial charge in [-0.15, -0.1) is 0 Å². The fourth-order valence-electron chi connectivity index (χ4n) is 1.21. The normalized spacial score (nSPS) is 12.2. The van der Waals surface area contributed by atoms with Crippen molar-refractivity contribution in [3.8, 4) is 5.75 Å². The minimum atomic E-state index is -0.147. The highest BCUT2D eigenvalue weighted by molar-refractivity contribution is 9.10. The highest BCUT2D eigenvalue weighted by atomic mass is 79.9. The van der Waals surface area contributed by atoms with Crippen LogP contribution < -0.4 is 11.1 Å². The Balaban J connectivity index is 2.65. The van der Waals surface area contributed by atoms with Crippen molar-refractivity contribution in [1.82, 2.24) is 0 Å². The third kappa shape index (κ3) is 3.83. The van der Waals surface area contributed by atoms with Gasteiger partial charge in [0.05, 0.1) is 5.69 Å². The third-order valence-corrected chi connectivity index (χ3v) is 2.66. The molecule has 0 aromatic heterocycles. The quantitative estimate of drug-likeness (QED) is 0.742. The van der Waals surface area contributed by atoms with Crippen LogP contribution in [0, 0.1) is 5.92 Å². The zero-order valence-corrected chi connectivity index (χ0v) is 10.6. The molecule has 1 amide bonds. The molecule has 0 fully saturated rings. The van der Waals surface area contributed by atoms with Gasteiger partial charge in [-0.1, -0.05) is 22.9 Å². The number of amides is 1. The van der Waals surface area contributed by atoms with Gasteiger partial charge in [0, 0.05) is 10.9 Å². The van der Waals surface area contributed by atoms with E-state index in [1.54, 1.807) is 12.1 Å². The van der Waals surface area contributed by atoms with E-state index in [1.165, 1.54) is 6.07 Å². The average Bonchev–Trinajstić information content (AvgIpc) is 2.23. The fraction of sp³-hybridized carbons (Fsp3) is 0.364. The summed E-state index contributed by atoms with van der Waals surface area (Å²) in [6, 6.07) is 4.87. The van der Waals surface area contributed by atoms with Crippen molar-refractivity contribution in [2.24, 2.45) is 11.7 Å². The van der Waals surface area contributed by atoms with Crippen LogP contribution in [-0.4, -0.2) is 17.6 Å². The number of carbonyl (C=O) groups excluding carboxylic acids is 1. The van der Waals surface area contributed by atoms with Crippen LogP contribution in [0.3, 0.4) is 0 Å². The third-order valence-electron chi connectivity index (χ3n) is 2.17. The van der Waals surface area contributed by atoms with E-state index >= 15 is 0 Å². The number of phenols is 1. The molecule has 0 spiro atoms. The molecule has 0 aliphatic carbocycles. The van der Waals surface area contributed by atoms with Gasteiger partial charge in [0.25, 0.3) is 0 Å². The molecule has 4 N–H and O–H groups in total. The van der Waals surface area contributed by atoms with Crippen LogP contribution >= 0.6 is 15.9 Å². The Morgan fingerprint density at radius 1 is 1.62 bits per heavy atom. The molecule has 0 radical (unpaired) electrons. The number of nitrogens with one attached hydrogen (secondary N) is 1. The number of phenolic OH excluding ortho intramolecular Hbond substituents is 1. The molecule has 0 saturated heterocycles. The van der Waals surface area contributed by atoms with Gasteiger partial charge in [-0.05, 0) is 30.7 Å². The van der Waals surface area contributed by atoms with Crippen molar-refractivity contribution < 1.29 is 9.90 Å². The fourth-order valence-corrected chi connectivity index (χ4v) is 1.57. The van der Waals surface area contributed by atoms with Gasteiger partial charge >= 0.3 is 0 Å². The molecule has 0 bridgehead atoms. The van der Waals surface area contributed by atoms with Gasteiger partial charge in [-0.2, -0.15) is 0 Å². The largest absolute Gasteiger partial charge is 0.506 e. The summed E-state index contributed by atoms with van der Waals surface area (Å²) < 4.78 is 0.799. The molecule has 1 aromatic carbocycles. The maximum atomic E-state index is 11.6. The van der Waals surface area contributed by atoms with Crippen LogP contribution in [-0.2, 0) is 4.79 Å². The number of halogens is 1. The van der Waals surface area contributed by atoms with Crippen molar-refractivity contribution in [2.75, 3.05) is 11.9 Å². The summed E-state index contributed by atoms with van der Waals surface area (Å²) in [5.74, 6) is 0.0394. The van der Waals surface area contributed by atoms with Crippen LogP contribution in [0.2, 0.25) is 0 Å². The smallest absolute Gasteiger partial charge is 0.224 e. The number of anilines is 1. The summed E-state index contributed by atoms with van der Waals surface area (Å²) in [5.41, 5.74) is 5.84. The molecule has 16 heavy (non-hydrogen) atoms. The molecule has 1 atom stereocenters. The first-order valence-electron chi connectivity index (χ1n) is 5.01. The van der Waals surface area contributed by atoms with Crippen molar-refractivity contribution in [2.45, 2.75) is 13.3 Å². The molecule has 0 aliphatic rings. The van der Waals surface area contributed by atoms with Gasteiger partial charge < -0.3 is 16.2 Å². The van der Waals surface area contributed by atoms with Crippen LogP contribution in [0.5, 0.6) is 5.75 Å². The van der Waals surface area contributed by atoms with E-state index in [4.69, 9.17) is 5.73 Å². The van der Waals surface area contributed by atoms with Gasteiger partial charge in [-0.25, -0.2) is 0 Å². The Morgan fingerprint density at radius 2 is 2.31 bits per heavy atom. The lowest BCUT2D eigenvalue weighted by Crippen LogP contribution is -2.20. The first-order chi connectivity index (χ1) is 7.52. The second kappa shape index (κ2) is 5.86. The first-order valence-corrected chi connectivity index (χ1v) is 5.80. The van der Waals surface area contributed by atoms with Crippen molar-refractivity contribution in [1.29, 1.82) is 0 Å². The lowest BCUT2D eigenvalue weighted by atomic mass is 10.1. The molecular formula is C11H15BrN2O2. The predicted octanol–water partition coefficient (Wildman–Crippen LogP) is 2.08. The van der Waals surface area contributed by atoms with E-state index < -0.39 is 0 Å². The van der Waals surface area contributed by atoms with Crippen molar-refractivity contribution in [3.05, 3.63) is 22.7 Å². The monoisotopic (exact) mass is 286 g/mol. The molecule has 1 rings (SSSR count). The number of benzene rings is 1. The zero-order chi connectivity index (χ0) is 12.1. The lowest BCUT2D eigenvalue weighted by molar-refractivity contribution is -0.116. The highest BCUT2D eigenvalue weighted by Gasteiger charge is 2.10. The summed E-state index contributed by atoms with van der Waals surface area (Å²) in [5, 5.41) is 12.2. The summed E-state index contributed by atoms with van der Waals surface area (Å²) in [6.07, 6.45) is 0.350. The standard InChI is InChI=1S/C11H15BrN2O2/c1-7(6-13)4-11(16)14-9-5-8(12)2-3-10(9)15/h2-3,5,7,15H,4,6,13H2,1H3,(H,14,16). The lowest BCUT2D eigenvalue weighted by Gasteiger charge is -2.10. The molecule has 1 unspecified atom stereocenters. The summed E-state index contributed by atoms with van der Waals surface area (Å²) in [7, 11) is 0. The molecule has 0 saturated carbocycles. The Morgan fingerprint density at radius 3 is 2.94 bits per heavy atom. The van der Waals surface area contributed by atoms with E-state index in [0.717, 1.165) is 4.47 Å². The Bertz CT molecular complexity index is 382. The Hall–Kier alpha value is -1.07. The van der Waals surface area contributed by atoms with Crippen molar-refractivity contribution >= 4 is 27.5 Å². The Labute approximate surface area is 103 Å². The van der Waals surface area contributed by atoms with Crippen LogP contribution in [0.4, 0.5) is 5.69 Å². The topological polar surface area (TPSA) is 75.4 Å². The average molecular weight is 287 g/mol. The van der Waals surface area contributed by atoms with Crippen LogP contribution in [0.25, 0.3) is 0 Å². The summed E-state index contributed by atoms with van der Waals surface area (Å²) in [6.45, 7) is 2.37. The van der Waals surface area contributed by atoms with Crippen LogP contribution in [0.15, 0.2) is 22.7 Å². The molecule has 0 heterocycles. The molecule has 88 valence electrons. The molecule has 5 heteroatoms. The number of aromatic hydroxyl groups is 1. The number of rotatable bonds is 4. The first kappa shape index (κ1) is 13.0. The summed E-state index contributed by atoms with van der Waals surface area (Å²) in [4.78, 5) is 11.6. The van der Waals surface area contributed by atoms with Gasteiger partial charge in [0.1, 0.15) is 5.75 Å². The van der Waals surface area contributed by atoms with Gasteiger partial charge in [-0.3, -0.25) is 4.79 Å². The van der Waals surface area contributed by atoms with E-state index in [2.05, 4.69) is 21.2 Å². The molecule has 4 nitrogen and oxygen atoms in total.